The van der Waals surface area contributed by atoms with Crippen molar-refractivity contribution in [2.75, 3.05) is 45.9 Å². The Morgan fingerprint density at radius 1 is 1.03 bits per heavy atom. The minimum absolute atomic E-state index is 0.0106. The van der Waals surface area contributed by atoms with E-state index in [1.54, 1.807) is 0 Å². The minimum atomic E-state index is -0.0768. The Labute approximate surface area is 185 Å². The number of fused-ring (bicyclic) bond motifs is 1. The van der Waals surface area contributed by atoms with Crippen molar-refractivity contribution in [2.24, 2.45) is 5.92 Å². The monoisotopic (exact) mass is 419 g/mol. The molecule has 2 aromatic rings. The Hall–Kier alpha value is -2.37. The maximum absolute atomic E-state index is 13.5. The molecule has 4 fully saturated rings. The molecule has 0 aliphatic carbocycles. The molecule has 2 aromatic carbocycles. The van der Waals surface area contributed by atoms with E-state index in [9.17, 15) is 4.79 Å². The molecule has 4 bridgehead atoms. The fourth-order valence-corrected chi connectivity index (χ4v) is 5.89. The lowest BCUT2D eigenvalue weighted by atomic mass is 9.64. The van der Waals surface area contributed by atoms with Crippen LogP contribution in [0.4, 0.5) is 0 Å². The largest absolute Gasteiger partial charge is 0.493 e. The third-order valence-electron chi connectivity index (χ3n) is 7.32. The van der Waals surface area contributed by atoms with Crippen molar-refractivity contribution < 1.29 is 9.53 Å². The maximum Gasteiger partial charge on any atom is 0.255 e. The molecular weight excluding hydrogens is 386 g/mol. The van der Waals surface area contributed by atoms with Gasteiger partial charge in [-0.2, -0.15) is 0 Å². The number of amides is 1. The van der Waals surface area contributed by atoms with E-state index in [2.05, 4.69) is 52.4 Å². The molecule has 0 spiro atoms. The van der Waals surface area contributed by atoms with Crippen LogP contribution in [0.15, 0.2) is 54.6 Å². The number of ether oxygens (including phenoxy) is 1. The van der Waals surface area contributed by atoms with E-state index in [0.717, 1.165) is 52.1 Å². The Balaban J connectivity index is 1.45. The first-order valence-electron chi connectivity index (χ1n) is 11.7. The van der Waals surface area contributed by atoms with E-state index in [0.29, 0.717) is 23.8 Å². The van der Waals surface area contributed by atoms with Crippen LogP contribution in [-0.2, 0) is 5.41 Å². The highest BCUT2D eigenvalue weighted by molar-refractivity contribution is 5.97. The summed E-state index contributed by atoms with van der Waals surface area (Å²) >= 11 is 0. The van der Waals surface area contributed by atoms with Gasteiger partial charge in [0.25, 0.3) is 5.91 Å². The zero-order valence-corrected chi connectivity index (χ0v) is 18.4. The Bertz CT molecular complexity index is 900. The first-order chi connectivity index (χ1) is 15.2. The standard InChI is InChI=1S/C26H33N3O2/c1-2-3-15-31-23-12-8-7-11-22(23)25(30)27-24-20-16-28-13-14-29(17-20)19-26(24,18-28)21-9-5-4-6-10-21/h4-12,20,24H,2-3,13-19H2,1H3,(H,27,30)/t20?,24-,26?/m1/s1. The van der Waals surface area contributed by atoms with Crippen LogP contribution < -0.4 is 10.1 Å². The summed E-state index contributed by atoms with van der Waals surface area (Å²) in [4.78, 5) is 18.7. The molecule has 4 saturated heterocycles. The second-order valence-electron chi connectivity index (χ2n) is 9.40. The van der Waals surface area contributed by atoms with Gasteiger partial charge in [0.2, 0.25) is 0 Å². The summed E-state index contributed by atoms with van der Waals surface area (Å²) in [6, 6.07) is 18.6. The first-order valence-corrected chi connectivity index (χ1v) is 11.7. The average molecular weight is 420 g/mol. The molecule has 0 radical (unpaired) electrons. The lowest BCUT2D eigenvalue weighted by molar-refractivity contribution is 0.0180. The van der Waals surface area contributed by atoms with Crippen LogP contribution in [0.25, 0.3) is 0 Å². The zero-order valence-electron chi connectivity index (χ0n) is 18.4. The minimum Gasteiger partial charge on any atom is -0.493 e. The van der Waals surface area contributed by atoms with Crippen LogP contribution in [0.1, 0.15) is 35.7 Å². The molecule has 1 amide bonds. The number of benzene rings is 2. The molecule has 6 rings (SSSR count). The van der Waals surface area contributed by atoms with Crippen molar-refractivity contribution in [3.63, 3.8) is 0 Å². The highest BCUT2D eigenvalue weighted by Gasteiger charge is 2.55. The zero-order chi connectivity index (χ0) is 21.3. The van der Waals surface area contributed by atoms with Gasteiger partial charge in [-0.3, -0.25) is 4.79 Å². The summed E-state index contributed by atoms with van der Waals surface area (Å²) in [5, 5.41) is 3.50. The lowest BCUT2D eigenvalue weighted by Gasteiger charge is -2.55. The molecule has 31 heavy (non-hydrogen) atoms. The number of hydrogen-bond donors (Lipinski definition) is 1. The summed E-state index contributed by atoms with van der Waals surface area (Å²) in [5.74, 6) is 1.11. The van der Waals surface area contributed by atoms with Crippen LogP contribution in [0.3, 0.4) is 0 Å². The Kier molecular flexibility index (Phi) is 5.72. The second kappa shape index (κ2) is 8.64. The topological polar surface area (TPSA) is 44.8 Å². The normalized spacial score (nSPS) is 31.3. The van der Waals surface area contributed by atoms with E-state index >= 15 is 0 Å². The fourth-order valence-electron chi connectivity index (χ4n) is 5.89. The fraction of sp³-hybridized carbons (Fsp3) is 0.500. The number of rotatable bonds is 7. The average Bonchev–Trinajstić information content (AvgIpc) is 3.05. The number of para-hydroxylation sites is 1. The van der Waals surface area contributed by atoms with Crippen molar-refractivity contribution >= 4 is 5.91 Å². The van der Waals surface area contributed by atoms with Gasteiger partial charge in [-0.25, -0.2) is 0 Å². The van der Waals surface area contributed by atoms with Crippen LogP contribution in [0.5, 0.6) is 5.75 Å². The van der Waals surface area contributed by atoms with Crippen molar-refractivity contribution in [1.29, 1.82) is 0 Å². The third kappa shape index (κ3) is 3.85. The summed E-state index contributed by atoms with van der Waals surface area (Å²) in [6.45, 7) is 9.17. The number of unbranched alkanes of at least 4 members (excludes halogenated alkanes) is 1. The van der Waals surface area contributed by atoms with E-state index in [-0.39, 0.29) is 17.4 Å². The third-order valence-corrected chi connectivity index (χ3v) is 7.32. The number of hydrogen-bond acceptors (Lipinski definition) is 4. The van der Waals surface area contributed by atoms with E-state index < -0.39 is 0 Å². The quantitative estimate of drug-likeness (QED) is 0.701. The molecule has 0 saturated carbocycles. The van der Waals surface area contributed by atoms with Gasteiger partial charge in [-0.15, -0.1) is 0 Å². The van der Waals surface area contributed by atoms with Gasteiger partial charge in [0.1, 0.15) is 5.75 Å². The summed E-state index contributed by atoms with van der Waals surface area (Å²) in [6.07, 6.45) is 2.06. The number of nitrogens with one attached hydrogen (secondary N) is 1. The second-order valence-corrected chi connectivity index (χ2v) is 9.40. The van der Waals surface area contributed by atoms with E-state index in [1.807, 2.05) is 24.3 Å². The molecule has 4 aliphatic rings. The van der Waals surface area contributed by atoms with Gasteiger partial charge in [-0.1, -0.05) is 55.8 Å². The van der Waals surface area contributed by atoms with Gasteiger partial charge in [0.05, 0.1) is 12.2 Å². The first kappa shape index (κ1) is 20.5. The SMILES string of the molecule is CCCCOc1ccccc1C(=O)N[C@@H]1C2CN3CCN(C2)CC1(c1ccccc1)C3. The van der Waals surface area contributed by atoms with E-state index in [1.165, 1.54) is 5.56 Å². The molecule has 164 valence electrons. The molecule has 3 atom stereocenters. The molecule has 1 N–H and O–H groups in total. The highest BCUT2D eigenvalue weighted by Crippen LogP contribution is 2.43. The summed E-state index contributed by atoms with van der Waals surface area (Å²) in [7, 11) is 0. The summed E-state index contributed by atoms with van der Waals surface area (Å²) in [5.41, 5.74) is 1.91. The predicted octanol–water partition coefficient (Wildman–Crippen LogP) is 3.16. The predicted molar refractivity (Wildman–Crippen MR) is 123 cm³/mol. The molecule has 0 aromatic heterocycles. The van der Waals surface area contributed by atoms with Crippen molar-refractivity contribution in [3.8, 4) is 5.75 Å². The highest BCUT2D eigenvalue weighted by atomic mass is 16.5. The molecular formula is C26H33N3O2. The Morgan fingerprint density at radius 2 is 1.71 bits per heavy atom. The van der Waals surface area contributed by atoms with Crippen molar-refractivity contribution in [2.45, 2.75) is 31.2 Å². The number of piperidine rings is 2. The van der Waals surface area contributed by atoms with Crippen molar-refractivity contribution in [3.05, 3.63) is 65.7 Å². The van der Waals surface area contributed by atoms with Gasteiger partial charge in [0.15, 0.2) is 0 Å². The van der Waals surface area contributed by atoms with Gasteiger partial charge in [0, 0.05) is 56.6 Å². The van der Waals surface area contributed by atoms with Gasteiger partial charge in [-0.05, 0) is 24.1 Å². The molecule has 2 unspecified atom stereocenters. The molecule has 4 heterocycles. The Morgan fingerprint density at radius 3 is 2.42 bits per heavy atom. The number of carbonyl (C=O) groups excluding carboxylic acids is 1. The van der Waals surface area contributed by atoms with Crippen LogP contribution in [-0.4, -0.2) is 67.6 Å². The van der Waals surface area contributed by atoms with Crippen LogP contribution in [0, 0.1) is 5.92 Å². The number of nitrogens with zero attached hydrogens (tertiary/aromatic N) is 2. The van der Waals surface area contributed by atoms with E-state index in [4.69, 9.17) is 4.74 Å². The molecule has 4 aliphatic heterocycles. The van der Waals surface area contributed by atoms with Gasteiger partial charge < -0.3 is 19.9 Å². The van der Waals surface area contributed by atoms with Crippen LogP contribution >= 0.6 is 0 Å². The molecule has 5 nitrogen and oxygen atoms in total. The van der Waals surface area contributed by atoms with Crippen molar-refractivity contribution in [1.82, 2.24) is 15.1 Å². The summed E-state index contributed by atoms with van der Waals surface area (Å²) < 4.78 is 5.96. The molecule has 5 heteroatoms. The lowest BCUT2D eigenvalue weighted by Crippen LogP contribution is -2.70. The van der Waals surface area contributed by atoms with Crippen LogP contribution in [0.2, 0.25) is 0 Å². The smallest absolute Gasteiger partial charge is 0.255 e. The maximum atomic E-state index is 13.5. The number of carbonyl (C=O) groups is 1. The van der Waals surface area contributed by atoms with Gasteiger partial charge >= 0.3 is 0 Å².